The van der Waals surface area contributed by atoms with Crippen LogP contribution in [0.15, 0.2) is 49.1 Å². The number of phenolic OH excluding ortho intramolecular Hbond substituents is 1. The van der Waals surface area contributed by atoms with Crippen LogP contribution >= 0.6 is 0 Å². The molecule has 4 rings (SSSR count). The van der Waals surface area contributed by atoms with Gasteiger partial charge in [0.05, 0.1) is 23.8 Å². The van der Waals surface area contributed by atoms with Gasteiger partial charge in [0.15, 0.2) is 5.82 Å². The van der Waals surface area contributed by atoms with Gasteiger partial charge in [-0.1, -0.05) is 20.8 Å². The Bertz CT molecular complexity index is 1040. The van der Waals surface area contributed by atoms with Crippen LogP contribution in [0.5, 0.6) is 5.75 Å². The Morgan fingerprint density at radius 3 is 2.66 bits per heavy atom. The molecule has 6 nitrogen and oxygen atoms in total. The lowest BCUT2D eigenvalue weighted by Gasteiger charge is -2.39. The third-order valence-corrected chi connectivity index (χ3v) is 7.15. The normalized spacial score (nSPS) is 26.0. The van der Waals surface area contributed by atoms with Crippen LogP contribution in [-0.2, 0) is 0 Å². The quantitative estimate of drug-likeness (QED) is 0.540. The highest BCUT2D eigenvalue weighted by Crippen LogP contribution is 2.43. The van der Waals surface area contributed by atoms with E-state index in [0.29, 0.717) is 23.0 Å². The Labute approximate surface area is 189 Å². The minimum Gasteiger partial charge on any atom is -0.507 e. The first-order valence-electron chi connectivity index (χ1n) is 11.3. The molecule has 1 unspecified atom stereocenters. The number of aromatic nitrogens is 4. The lowest BCUT2D eigenvalue weighted by molar-refractivity contribution is 0.0848. The molecule has 1 saturated carbocycles. The standard InChI is InChI=1S/C25H32FN5O/c1-5-25(3)15-17(2)6-10-21(24(25)26)30(4)23-11-9-20(28-29-23)19-8-7-18(14-22(19)32)31-13-12-27-16-31/h7-9,11-14,16-17,21,24,32H,5-6,10,15H2,1-4H3/t17?,21-,24+,25+/m0/s1. The number of rotatable bonds is 5. The Morgan fingerprint density at radius 2 is 2.03 bits per heavy atom. The van der Waals surface area contributed by atoms with Gasteiger partial charge in [0.2, 0.25) is 0 Å². The van der Waals surface area contributed by atoms with Gasteiger partial charge in [0, 0.05) is 36.5 Å². The Balaban J connectivity index is 1.56. The molecule has 2 aromatic heterocycles. The number of benzene rings is 1. The van der Waals surface area contributed by atoms with Crippen molar-refractivity contribution in [2.75, 3.05) is 11.9 Å². The maximum atomic E-state index is 15.7. The molecule has 7 heteroatoms. The minimum atomic E-state index is -0.927. The van der Waals surface area contributed by atoms with E-state index in [4.69, 9.17) is 0 Å². The summed E-state index contributed by atoms with van der Waals surface area (Å²) in [5.41, 5.74) is 1.65. The van der Waals surface area contributed by atoms with Gasteiger partial charge in [-0.25, -0.2) is 9.37 Å². The average Bonchev–Trinajstić information content (AvgIpc) is 3.30. The van der Waals surface area contributed by atoms with Crippen LogP contribution < -0.4 is 4.90 Å². The van der Waals surface area contributed by atoms with E-state index >= 15 is 4.39 Å². The lowest BCUT2D eigenvalue weighted by atomic mass is 9.75. The molecule has 170 valence electrons. The van der Waals surface area contributed by atoms with E-state index in [1.807, 2.05) is 47.0 Å². The SMILES string of the molecule is CC[C@]1(C)CC(C)CC[C@H](N(C)c2ccc(-c3ccc(-n4ccnc4)cc3O)nn2)[C@H]1F. The summed E-state index contributed by atoms with van der Waals surface area (Å²) in [6.07, 6.45) is 7.79. The van der Waals surface area contributed by atoms with Gasteiger partial charge in [0.25, 0.3) is 0 Å². The van der Waals surface area contributed by atoms with Crippen molar-refractivity contribution in [2.45, 2.75) is 58.7 Å². The molecule has 0 saturated heterocycles. The third kappa shape index (κ3) is 4.20. The summed E-state index contributed by atoms with van der Waals surface area (Å²) < 4.78 is 17.5. The first-order chi connectivity index (χ1) is 15.3. The number of hydrogen-bond donors (Lipinski definition) is 1. The molecule has 0 spiro atoms. The summed E-state index contributed by atoms with van der Waals surface area (Å²) in [4.78, 5) is 5.97. The number of aromatic hydroxyl groups is 1. The van der Waals surface area contributed by atoms with Gasteiger partial charge in [-0.3, -0.25) is 0 Å². The second kappa shape index (κ2) is 8.88. The number of phenols is 1. The number of nitrogens with zero attached hydrogens (tertiary/aromatic N) is 5. The highest BCUT2D eigenvalue weighted by Gasteiger charge is 2.43. The topological polar surface area (TPSA) is 67.1 Å². The van der Waals surface area contributed by atoms with E-state index in [-0.39, 0.29) is 17.2 Å². The van der Waals surface area contributed by atoms with E-state index in [2.05, 4.69) is 36.0 Å². The Kier molecular flexibility index (Phi) is 6.17. The maximum Gasteiger partial charge on any atom is 0.151 e. The van der Waals surface area contributed by atoms with Crippen LogP contribution in [0, 0.1) is 11.3 Å². The number of alkyl halides is 1. The van der Waals surface area contributed by atoms with E-state index in [9.17, 15) is 5.11 Å². The number of halogens is 1. The molecule has 3 aromatic rings. The molecule has 4 atom stereocenters. The van der Waals surface area contributed by atoms with E-state index in [1.165, 1.54) is 0 Å². The second-order valence-corrected chi connectivity index (χ2v) is 9.42. The number of imidazole rings is 1. The fourth-order valence-electron chi connectivity index (χ4n) is 4.94. The van der Waals surface area contributed by atoms with Crippen LogP contribution in [0.2, 0.25) is 0 Å². The average molecular weight is 438 g/mol. The summed E-state index contributed by atoms with van der Waals surface area (Å²) in [6.45, 7) is 6.38. The van der Waals surface area contributed by atoms with E-state index < -0.39 is 6.17 Å². The van der Waals surface area contributed by atoms with Crippen LogP contribution in [0.3, 0.4) is 0 Å². The monoisotopic (exact) mass is 437 g/mol. The zero-order valence-corrected chi connectivity index (χ0v) is 19.2. The molecule has 2 heterocycles. The van der Waals surface area contributed by atoms with Crippen molar-refractivity contribution in [1.82, 2.24) is 19.7 Å². The highest BCUT2D eigenvalue weighted by atomic mass is 19.1. The van der Waals surface area contributed by atoms with Crippen LogP contribution in [0.1, 0.15) is 46.5 Å². The predicted octanol–water partition coefficient (Wildman–Crippen LogP) is 5.41. The van der Waals surface area contributed by atoms with Crippen molar-refractivity contribution >= 4 is 5.82 Å². The highest BCUT2D eigenvalue weighted by molar-refractivity contribution is 5.69. The van der Waals surface area contributed by atoms with Gasteiger partial charge in [-0.15, -0.1) is 10.2 Å². The molecule has 0 aliphatic heterocycles. The molecule has 1 N–H and O–H groups in total. The van der Waals surface area contributed by atoms with Gasteiger partial charge in [-0.2, -0.15) is 0 Å². The predicted molar refractivity (Wildman–Crippen MR) is 125 cm³/mol. The summed E-state index contributed by atoms with van der Waals surface area (Å²) in [5, 5.41) is 19.3. The summed E-state index contributed by atoms with van der Waals surface area (Å²) in [6, 6.07) is 8.84. The van der Waals surface area contributed by atoms with Crippen molar-refractivity contribution in [1.29, 1.82) is 0 Å². The maximum absolute atomic E-state index is 15.7. The van der Waals surface area contributed by atoms with Crippen molar-refractivity contribution in [3.8, 4) is 22.7 Å². The summed E-state index contributed by atoms with van der Waals surface area (Å²) in [7, 11) is 1.91. The van der Waals surface area contributed by atoms with Gasteiger partial charge >= 0.3 is 0 Å². The van der Waals surface area contributed by atoms with Gasteiger partial charge < -0.3 is 14.6 Å². The molecule has 0 radical (unpaired) electrons. The smallest absolute Gasteiger partial charge is 0.151 e. The fourth-order valence-corrected chi connectivity index (χ4v) is 4.94. The second-order valence-electron chi connectivity index (χ2n) is 9.42. The molecule has 32 heavy (non-hydrogen) atoms. The van der Waals surface area contributed by atoms with E-state index in [0.717, 1.165) is 31.4 Å². The largest absolute Gasteiger partial charge is 0.507 e. The number of anilines is 1. The minimum absolute atomic E-state index is 0.117. The van der Waals surface area contributed by atoms with E-state index in [1.54, 1.807) is 18.6 Å². The summed E-state index contributed by atoms with van der Waals surface area (Å²) >= 11 is 0. The van der Waals surface area contributed by atoms with Crippen molar-refractivity contribution in [2.24, 2.45) is 11.3 Å². The molecule has 0 bridgehead atoms. The third-order valence-electron chi connectivity index (χ3n) is 7.15. The molecular weight excluding hydrogens is 405 g/mol. The molecule has 1 aliphatic carbocycles. The van der Waals surface area contributed by atoms with Gasteiger partial charge in [-0.05, 0) is 55.9 Å². The van der Waals surface area contributed by atoms with Crippen molar-refractivity contribution in [3.63, 3.8) is 0 Å². The van der Waals surface area contributed by atoms with Crippen molar-refractivity contribution < 1.29 is 9.50 Å². The molecule has 1 fully saturated rings. The first-order valence-corrected chi connectivity index (χ1v) is 11.3. The first kappa shape index (κ1) is 22.2. The zero-order valence-electron chi connectivity index (χ0n) is 19.2. The molecule has 1 aliphatic rings. The zero-order chi connectivity index (χ0) is 22.9. The molecule has 0 amide bonds. The number of hydrogen-bond acceptors (Lipinski definition) is 5. The summed E-state index contributed by atoms with van der Waals surface area (Å²) in [5.74, 6) is 1.27. The van der Waals surface area contributed by atoms with Crippen LogP contribution in [0.25, 0.3) is 16.9 Å². The van der Waals surface area contributed by atoms with Gasteiger partial charge in [0.1, 0.15) is 11.9 Å². The Hall–Kier alpha value is -2.96. The lowest BCUT2D eigenvalue weighted by Crippen LogP contribution is -2.46. The van der Waals surface area contributed by atoms with Crippen molar-refractivity contribution in [3.05, 3.63) is 49.1 Å². The van der Waals surface area contributed by atoms with Crippen LogP contribution in [0.4, 0.5) is 10.2 Å². The molecular formula is C25H32FN5O. The Morgan fingerprint density at radius 1 is 1.22 bits per heavy atom. The molecule has 1 aromatic carbocycles. The van der Waals surface area contributed by atoms with Crippen LogP contribution in [-0.4, -0.2) is 44.1 Å². The fraction of sp³-hybridized carbons (Fsp3) is 0.480.